The van der Waals surface area contributed by atoms with Crippen molar-refractivity contribution in [3.8, 4) is 0 Å². The minimum Gasteiger partial charge on any atom is -0.373 e. The normalized spacial score (nSPS) is 14.7. The van der Waals surface area contributed by atoms with Crippen molar-refractivity contribution in [2.45, 2.75) is 5.60 Å². The van der Waals surface area contributed by atoms with Gasteiger partial charge >= 0.3 is 0 Å². The molecule has 1 unspecified atom stereocenters. The van der Waals surface area contributed by atoms with E-state index >= 15 is 0 Å². The van der Waals surface area contributed by atoms with Crippen LogP contribution in [0.4, 0.5) is 5.69 Å². The summed E-state index contributed by atoms with van der Waals surface area (Å²) in [4.78, 5) is 50.9. The molecule has 54 heavy (non-hydrogen) atoms. The molecule has 4 heterocycles. The Hall–Kier alpha value is -7.43. The fraction of sp³-hybridized carbons (Fsp3) is 0.0227. The Morgan fingerprint density at radius 2 is 1.13 bits per heavy atom. The second kappa shape index (κ2) is 13.9. The molecule has 0 fully saturated rings. The minimum atomic E-state index is -1.70. The molecule has 0 saturated carbocycles. The van der Waals surface area contributed by atoms with Crippen LogP contribution in [0.3, 0.4) is 0 Å². The molecule has 1 aliphatic rings. The Morgan fingerprint density at radius 1 is 0.593 bits per heavy atom. The lowest BCUT2D eigenvalue weighted by Crippen LogP contribution is -2.30. The number of aliphatic hydroxyl groups is 1. The van der Waals surface area contributed by atoms with Crippen LogP contribution >= 0.6 is 0 Å². The molecule has 0 saturated heterocycles. The Kier molecular flexibility index (Phi) is 8.70. The Balaban J connectivity index is 1.30. The molecule has 0 radical (unpaired) electrons. The topological polar surface area (TPSA) is 157 Å². The molecule has 1 aliphatic heterocycles. The number of aliphatic imine (C=N–C) groups is 1. The second-order valence-corrected chi connectivity index (χ2v) is 12.7. The van der Waals surface area contributed by atoms with Crippen LogP contribution in [0.2, 0.25) is 0 Å². The summed E-state index contributed by atoms with van der Waals surface area (Å²) in [6.45, 7) is 0. The number of benzene rings is 4. The van der Waals surface area contributed by atoms with Crippen LogP contribution < -0.4 is 10.7 Å². The van der Waals surface area contributed by atoms with Gasteiger partial charge < -0.3 is 20.1 Å². The van der Waals surface area contributed by atoms with Gasteiger partial charge in [0.2, 0.25) is 5.78 Å². The number of hydrogen-bond acceptors (Lipinski definition) is 5. The number of aromatic amines is 3. The van der Waals surface area contributed by atoms with Crippen LogP contribution in [-0.2, 0) is 10.4 Å². The average Bonchev–Trinajstić information content (AvgIpc) is 4.06. The van der Waals surface area contributed by atoms with Gasteiger partial charge in [-0.1, -0.05) is 91.0 Å². The highest BCUT2D eigenvalue weighted by Crippen LogP contribution is 2.37. The number of allylic oxidation sites excluding steroid dienone is 1. The number of nitrogens with zero attached hydrogens (tertiary/aromatic N) is 2. The first-order valence-electron chi connectivity index (χ1n) is 17.1. The number of non-ortho nitro benzene ring substituents is 1. The van der Waals surface area contributed by atoms with Crippen LogP contribution in [0, 0.1) is 10.1 Å². The van der Waals surface area contributed by atoms with Crippen molar-refractivity contribution in [3.63, 3.8) is 0 Å². The zero-order valence-corrected chi connectivity index (χ0v) is 28.6. The quantitative estimate of drug-likeness (QED) is 0.0770. The molecule has 262 valence electrons. The maximum absolute atomic E-state index is 13.4. The lowest BCUT2D eigenvalue weighted by atomic mass is 9.87. The van der Waals surface area contributed by atoms with Gasteiger partial charge in [-0.2, -0.15) is 0 Å². The number of aromatic nitrogens is 3. The van der Waals surface area contributed by atoms with E-state index in [0.29, 0.717) is 56.1 Å². The maximum Gasteiger partial charge on any atom is 0.270 e. The van der Waals surface area contributed by atoms with Gasteiger partial charge in [0.1, 0.15) is 0 Å². The number of amides is 1. The Bertz CT molecular complexity index is 2720. The SMILES string of the molecule is O=C1C=CC(/C(c2ccc([N+](=O)[O-])cc2)=c2\cc/c(=C(/c3ccccc3)c3ccc(C(O)(c4ccccc4)c4ccc(C(=O)c5ccccc5)[nH]4)[nH]3)[nH]2)=N1. The zero-order chi connectivity index (χ0) is 37.2. The largest absolute Gasteiger partial charge is 0.373 e. The van der Waals surface area contributed by atoms with E-state index in [1.54, 1.807) is 54.6 Å². The lowest BCUT2D eigenvalue weighted by Gasteiger charge is -2.27. The van der Waals surface area contributed by atoms with Gasteiger partial charge in [0.05, 0.1) is 27.7 Å². The summed E-state index contributed by atoms with van der Waals surface area (Å²) >= 11 is 0. The van der Waals surface area contributed by atoms with Crippen molar-refractivity contribution in [3.05, 3.63) is 230 Å². The molecule has 0 aliphatic carbocycles. The van der Waals surface area contributed by atoms with Crippen molar-refractivity contribution in [2.75, 3.05) is 0 Å². The van der Waals surface area contributed by atoms with E-state index in [-0.39, 0.29) is 11.5 Å². The van der Waals surface area contributed by atoms with Gasteiger partial charge in [-0.25, -0.2) is 4.99 Å². The van der Waals surface area contributed by atoms with Crippen LogP contribution in [-0.4, -0.2) is 42.4 Å². The lowest BCUT2D eigenvalue weighted by molar-refractivity contribution is -0.384. The number of carbonyl (C=O) groups excluding carboxylic acids is 2. The highest BCUT2D eigenvalue weighted by molar-refractivity contribution is 6.34. The Morgan fingerprint density at radius 3 is 1.72 bits per heavy atom. The predicted molar refractivity (Wildman–Crippen MR) is 205 cm³/mol. The van der Waals surface area contributed by atoms with E-state index in [0.717, 1.165) is 16.5 Å². The van der Waals surface area contributed by atoms with Crippen LogP contribution in [0.1, 0.15) is 49.8 Å². The minimum absolute atomic E-state index is 0.0543. The van der Waals surface area contributed by atoms with E-state index < -0.39 is 16.4 Å². The molecule has 1 atom stereocenters. The van der Waals surface area contributed by atoms with Crippen LogP contribution in [0.15, 0.2) is 169 Å². The summed E-state index contributed by atoms with van der Waals surface area (Å²) in [6, 6.07) is 45.0. The first-order chi connectivity index (χ1) is 26.3. The first-order valence-corrected chi connectivity index (χ1v) is 17.1. The first kappa shape index (κ1) is 33.7. The van der Waals surface area contributed by atoms with Gasteiger partial charge in [0.15, 0.2) is 5.60 Å². The van der Waals surface area contributed by atoms with Gasteiger partial charge in [-0.05, 0) is 71.3 Å². The number of nitrogens with one attached hydrogen (secondary N) is 3. The molecule has 4 N–H and O–H groups in total. The fourth-order valence-electron chi connectivity index (χ4n) is 6.79. The molecule has 1 amide bonds. The molecule has 0 bridgehead atoms. The van der Waals surface area contributed by atoms with Crippen LogP contribution in [0.5, 0.6) is 0 Å². The number of nitro benzene ring substituents is 1. The third-order valence-electron chi connectivity index (χ3n) is 9.42. The fourth-order valence-corrected chi connectivity index (χ4v) is 6.79. The van der Waals surface area contributed by atoms with Gasteiger partial charge in [-0.3, -0.25) is 19.7 Å². The summed E-state index contributed by atoms with van der Waals surface area (Å²) in [6.07, 6.45) is 3.01. The van der Waals surface area contributed by atoms with Gasteiger partial charge in [-0.15, -0.1) is 0 Å². The van der Waals surface area contributed by atoms with Gasteiger partial charge in [0, 0.05) is 51.3 Å². The Labute approximate surface area is 308 Å². The summed E-state index contributed by atoms with van der Waals surface area (Å²) in [7, 11) is 0. The summed E-state index contributed by atoms with van der Waals surface area (Å²) in [5.74, 6) is -0.587. The maximum atomic E-state index is 13.4. The van der Waals surface area contributed by atoms with E-state index in [1.165, 1.54) is 18.2 Å². The standard InChI is InChI=1S/C44H31N5O5/c50-40-27-24-36(48-40)42(29-16-18-32(19-17-29)49(53)54)34-21-20-33(45-34)41(28-10-4-1-5-11-28)35-22-25-38(46-35)44(52,31-14-8-3-9-15-31)39-26-23-37(47-39)43(51)30-12-6-2-7-13-30/h1-27,45-47,52H/b41-33+,42-34+. The smallest absolute Gasteiger partial charge is 0.270 e. The molecular formula is C44H31N5O5. The van der Waals surface area contributed by atoms with Crippen molar-refractivity contribution < 1.29 is 19.6 Å². The molecule has 3 aromatic heterocycles. The van der Waals surface area contributed by atoms with Crippen molar-refractivity contribution in [1.29, 1.82) is 0 Å². The third kappa shape index (κ3) is 6.23. The summed E-state index contributed by atoms with van der Waals surface area (Å²) in [5.41, 5.74) is 4.60. The predicted octanol–water partition coefficient (Wildman–Crippen LogP) is 6.08. The van der Waals surface area contributed by atoms with Gasteiger partial charge in [0.25, 0.3) is 11.6 Å². The second-order valence-electron chi connectivity index (χ2n) is 12.7. The van der Waals surface area contributed by atoms with Crippen molar-refractivity contribution >= 4 is 34.2 Å². The average molecular weight is 710 g/mol. The third-order valence-corrected chi connectivity index (χ3v) is 9.42. The number of rotatable bonds is 10. The number of H-pyrrole nitrogens is 3. The number of ketones is 1. The summed E-state index contributed by atoms with van der Waals surface area (Å²) in [5, 5.41) is 25.5. The number of carbonyl (C=O) groups is 2. The zero-order valence-electron chi connectivity index (χ0n) is 28.6. The van der Waals surface area contributed by atoms with E-state index in [4.69, 9.17) is 0 Å². The number of nitro groups is 1. The van der Waals surface area contributed by atoms with E-state index in [2.05, 4.69) is 19.9 Å². The highest BCUT2D eigenvalue weighted by Gasteiger charge is 2.37. The molecule has 10 nitrogen and oxygen atoms in total. The van der Waals surface area contributed by atoms with Crippen molar-refractivity contribution in [2.24, 2.45) is 4.99 Å². The molecule has 7 aromatic rings. The molecule has 4 aromatic carbocycles. The highest BCUT2D eigenvalue weighted by atomic mass is 16.6. The van der Waals surface area contributed by atoms with Crippen molar-refractivity contribution in [1.82, 2.24) is 15.0 Å². The van der Waals surface area contributed by atoms with E-state index in [9.17, 15) is 24.8 Å². The monoisotopic (exact) mass is 709 g/mol. The molecular weight excluding hydrogens is 679 g/mol. The van der Waals surface area contributed by atoms with E-state index in [1.807, 2.05) is 91.0 Å². The number of hydrogen-bond donors (Lipinski definition) is 4. The molecule has 0 spiro atoms. The molecule has 10 heteroatoms. The van der Waals surface area contributed by atoms with Crippen LogP contribution in [0.25, 0.3) is 11.1 Å². The molecule has 8 rings (SSSR count). The summed E-state index contributed by atoms with van der Waals surface area (Å²) < 4.78 is 0.